The molecule has 1 aliphatic heterocycles. The van der Waals surface area contributed by atoms with E-state index in [9.17, 15) is 9.59 Å². The number of nitrogens with zero attached hydrogens (tertiary/aromatic N) is 1. The quantitative estimate of drug-likeness (QED) is 0.725. The first kappa shape index (κ1) is 20.3. The third kappa shape index (κ3) is 4.68. The smallest absolute Gasteiger partial charge is 0.265 e. The topological polar surface area (TPSA) is 77.1 Å². The Morgan fingerprint density at radius 2 is 2.03 bits per heavy atom. The van der Waals surface area contributed by atoms with Gasteiger partial charge in [-0.1, -0.05) is 6.07 Å². The molecule has 0 atom stereocenters. The number of ether oxygens (including phenoxy) is 3. The van der Waals surface area contributed by atoms with E-state index in [1.54, 1.807) is 42.4 Å². The molecule has 29 heavy (non-hydrogen) atoms. The highest BCUT2D eigenvalue weighted by molar-refractivity contribution is 6.03. The largest absolute Gasteiger partial charge is 0.493 e. The molecule has 0 aromatic heterocycles. The summed E-state index contributed by atoms with van der Waals surface area (Å²) in [5.74, 6) is 1.48. The molecule has 1 N–H and O–H groups in total. The van der Waals surface area contributed by atoms with E-state index in [2.05, 4.69) is 5.32 Å². The fourth-order valence-corrected chi connectivity index (χ4v) is 3.05. The Balaban J connectivity index is 1.69. The predicted octanol–water partition coefficient (Wildman–Crippen LogP) is 3.49. The van der Waals surface area contributed by atoms with Crippen LogP contribution in [0.2, 0.25) is 0 Å². The van der Waals surface area contributed by atoms with Crippen LogP contribution < -0.4 is 24.4 Å². The Kier molecular flexibility index (Phi) is 6.39. The van der Waals surface area contributed by atoms with Gasteiger partial charge < -0.3 is 24.4 Å². The lowest BCUT2D eigenvalue weighted by Crippen LogP contribution is -2.38. The number of fused-ring (bicyclic) bond motifs is 1. The van der Waals surface area contributed by atoms with E-state index < -0.39 is 0 Å². The van der Waals surface area contributed by atoms with Gasteiger partial charge in [-0.3, -0.25) is 9.59 Å². The molecule has 0 saturated heterocycles. The molecule has 0 saturated carbocycles. The van der Waals surface area contributed by atoms with Crippen LogP contribution in [-0.2, 0) is 9.59 Å². The number of carbonyl (C=O) groups excluding carboxylic acids is 2. The van der Waals surface area contributed by atoms with Gasteiger partial charge in [0.1, 0.15) is 5.75 Å². The van der Waals surface area contributed by atoms with Crippen molar-refractivity contribution in [2.45, 2.75) is 13.8 Å². The summed E-state index contributed by atoms with van der Waals surface area (Å²) < 4.78 is 16.3. The molecule has 152 valence electrons. The second kappa shape index (κ2) is 9.14. The van der Waals surface area contributed by atoms with E-state index in [0.717, 1.165) is 5.56 Å². The first-order valence-corrected chi connectivity index (χ1v) is 9.42. The maximum Gasteiger partial charge on any atom is 0.265 e. The highest BCUT2D eigenvalue weighted by atomic mass is 16.5. The number of hydrogen-bond acceptors (Lipinski definition) is 5. The van der Waals surface area contributed by atoms with Crippen molar-refractivity contribution in [3.63, 3.8) is 0 Å². The summed E-state index contributed by atoms with van der Waals surface area (Å²) in [6.45, 7) is 4.92. The third-order valence-corrected chi connectivity index (χ3v) is 4.40. The summed E-state index contributed by atoms with van der Waals surface area (Å²) in [4.78, 5) is 25.8. The van der Waals surface area contributed by atoms with Gasteiger partial charge in [-0.05, 0) is 49.8 Å². The Hall–Kier alpha value is -3.48. The van der Waals surface area contributed by atoms with Crippen molar-refractivity contribution in [3.05, 3.63) is 48.0 Å². The summed E-state index contributed by atoms with van der Waals surface area (Å²) in [5.41, 5.74) is 2.11. The van der Waals surface area contributed by atoms with Crippen molar-refractivity contribution in [3.8, 4) is 17.2 Å². The monoisotopic (exact) mass is 396 g/mol. The number of nitrogens with one attached hydrogen (secondary N) is 1. The van der Waals surface area contributed by atoms with Crippen molar-refractivity contribution < 1.29 is 23.8 Å². The summed E-state index contributed by atoms with van der Waals surface area (Å²) in [7, 11) is 1.57. The van der Waals surface area contributed by atoms with E-state index in [-0.39, 0.29) is 18.4 Å². The molecule has 0 radical (unpaired) electrons. The molecule has 0 spiro atoms. The standard InChI is InChI=1S/C22H24N2O5/c1-4-24-17-9-8-16(13-19(17)29-14-22(24)26)23-21(25)11-7-15-6-10-18(28-5-2)20(12-15)27-3/h6-13H,4-5,14H2,1-3H3,(H,23,25)/b11-7+. The molecule has 1 aliphatic rings. The number of benzene rings is 2. The van der Waals surface area contributed by atoms with Crippen molar-refractivity contribution in [2.75, 3.05) is 37.1 Å². The SMILES string of the molecule is CCOc1ccc(/C=C/C(=O)Nc2ccc3c(c2)OCC(=O)N3CC)cc1OC. The van der Waals surface area contributed by atoms with Crippen LogP contribution in [-0.4, -0.2) is 38.7 Å². The van der Waals surface area contributed by atoms with Gasteiger partial charge >= 0.3 is 0 Å². The van der Waals surface area contributed by atoms with Crippen LogP contribution >= 0.6 is 0 Å². The summed E-state index contributed by atoms with van der Waals surface area (Å²) in [6, 6.07) is 10.7. The highest BCUT2D eigenvalue weighted by Crippen LogP contribution is 2.34. The minimum absolute atomic E-state index is 0.00227. The third-order valence-electron chi connectivity index (χ3n) is 4.40. The lowest BCUT2D eigenvalue weighted by atomic mass is 10.2. The molecule has 0 fully saturated rings. The molecule has 7 nitrogen and oxygen atoms in total. The molecular weight excluding hydrogens is 372 g/mol. The minimum Gasteiger partial charge on any atom is -0.493 e. The average molecular weight is 396 g/mol. The number of hydrogen-bond donors (Lipinski definition) is 1. The Bertz CT molecular complexity index is 939. The molecule has 7 heteroatoms. The first-order valence-electron chi connectivity index (χ1n) is 9.42. The van der Waals surface area contributed by atoms with Crippen LogP contribution in [0.25, 0.3) is 6.08 Å². The van der Waals surface area contributed by atoms with Gasteiger partial charge in [0.15, 0.2) is 18.1 Å². The molecule has 1 heterocycles. The number of carbonyl (C=O) groups is 2. The number of rotatable bonds is 7. The molecule has 0 aliphatic carbocycles. The number of anilines is 2. The molecule has 0 bridgehead atoms. The van der Waals surface area contributed by atoms with Gasteiger partial charge in [-0.25, -0.2) is 0 Å². The molecule has 3 rings (SSSR count). The van der Waals surface area contributed by atoms with Crippen molar-refractivity contribution in [1.29, 1.82) is 0 Å². The lowest BCUT2D eigenvalue weighted by molar-refractivity contribution is -0.121. The van der Waals surface area contributed by atoms with Gasteiger partial charge in [-0.2, -0.15) is 0 Å². The van der Waals surface area contributed by atoms with E-state index in [4.69, 9.17) is 14.2 Å². The van der Waals surface area contributed by atoms with Gasteiger partial charge in [-0.15, -0.1) is 0 Å². The average Bonchev–Trinajstić information content (AvgIpc) is 2.73. The van der Waals surface area contributed by atoms with E-state index in [1.165, 1.54) is 6.08 Å². The lowest BCUT2D eigenvalue weighted by Gasteiger charge is -2.28. The van der Waals surface area contributed by atoms with Crippen LogP contribution in [0.3, 0.4) is 0 Å². The molecule has 0 unspecified atom stereocenters. The zero-order valence-corrected chi connectivity index (χ0v) is 16.7. The Labute approximate surface area is 169 Å². The zero-order chi connectivity index (χ0) is 20.8. The second-order valence-corrected chi connectivity index (χ2v) is 6.28. The molecular formula is C22H24N2O5. The zero-order valence-electron chi connectivity index (χ0n) is 16.7. The van der Waals surface area contributed by atoms with Crippen LogP contribution in [0.1, 0.15) is 19.4 Å². The summed E-state index contributed by atoms with van der Waals surface area (Å²) in [6.07, 6.45) is 3.14. The minimum atomic E-state index is -0.281. The maximum atomic E-state index is 12.3. The van der Waals surface area contributed by atoms with Gasteiger partial charge in [0.05, 0.1) is 19.4 Å². The number of likely N-dealkylation sites (N-methyl/N-ethyl adjacent to an activating group) is 1. The van der Waals surface area contributed by atoms with Gasteiger partial charge in [0.2, 0.25) is 5.91 Å². The Morgan fingerprint density at radius 3 is 2.76 bits per heavy atom. The highest BCUT2D eigenvalue weighted by Gasteiger charge is 2.24. The normalized spacial score (nSPS) is 13.1. The predicted molar refractivity (Wildman–Crippen MR) is 112 cm³/mol. The van der Waals surface area contributed by atoms with Crippen LogP contribution in [0.15, 0.2) is 42.5 Å². The van der Waals surface area contributed by atoms with Crippen molar-refractivity contribution in [1.82, 2.24) is 0 Å². The van der Waals surface area contributed by atoms with E-state index >= 15 is 0 Å². The van der Waals surface area contributed by atoms with Gasteiger partial charge in [0, 0.05) is 24.4 Å². The number of methoxy groups -OCH3 is 1. The first-order chi connectivity index (χ1) is 14.0. The van der Waals surface area contributed by atoms with Crippen LogP contribution in [0, 0.1) is 0 Å². The van der Waals surface area contributed by atoms with Crippen molar-refractivity contribution >= 4 is 29.3 Å². The number of amides is 2. The van der Waals surface area contributed by atoms with E-state index in [1.807, 2.05) is 26.0 Å². The van der Waals surface area contributed by atoms with Gasteiger partial charge in [0.25, 0.3) is 5.91 Å². The fourth-order valence-electron chi connectivity index (χ4n) is 3.05. The molecule has 2 aromatic carbocycles. The van der Waals surface area contributed by atoms with Crippen molar-refractivity contribution in [2.24, 2.45) is 0 Å². The van der Waals surface area contributed by atoms with Crippen LogP contribution in [0.5, 0.6) is 17.2 Å². The molecule has 2 aromatic rings. The Morgan fingerprint density at radius 1 is 1.21 bits per heavy atom. The van der Waals surface area contributed by atoms with Crippen LogP contribution in [0.4, 0.5) is 11.4 Å². The fraction of sp³-hybridized carbons (Fsp3) is 0.273. The second-order valence-electron chi connectivity index (χ2n) is 6.28. The summed E-state index contributed by atoms with van der Waals surface area (Å²) in [5, 5.41) is 2.80. The maximum absolute atomic E-state index is 12.3. The summed E-state index contributed by atoms with van der Waals surface area (Å²) >= 11 is 0. The molecule has 2 amide bonds. The van der Waals surface area contributed by atoms with E-state index in [0.29, 0.717) is 41.8 Å².